The number of nitrogens with zero attached hydrogens (tertiary/aromatic N) is 2. The summed E-state index contributed by atoms with van der Waals surface area (Å²) in [5.41, 5.74) is 0.566. The molecule has 154 valence electrons. The summed E-state index contributed by atoms with van der Waals surface area (Å²) in [6, 6.07) is 5.81. The Hall–Kier alpha value is -1.59. The van der Waals surface area contributed by atoms with Crippen LogP contribution in [0.2, 0.25) is 10.0 Å². The van der Waals surface area contributed by atoms with Crippen molar-refractivity contribution >= 4 is 33.2 Å². The Kier molecular flexibility index (Phi) is 7.16. The van der Waals surface area contributed by atoms with Gasteiger partial charge in [0.05, 0.1) is 22.3 Å². The number of rotatable bonds is 7. The maximum absolute atomic E-state index is 12.7. The van der Waals surface area contributed by atoms with E-state index in [1.807, 2.05) is 0 Å². The molecule has 1 unspecified atom stereocenters. The lowest BCUT2D eigenvalue weighted by molar-refractivity contribution is -0.276. The average molecular weight is 458 g/mol. The first kappa shape index (κ1) is 22.7. The molecular formula is C16H16Cl2F3N3O3S. The topological polar surface area (TPSA) is 71.5 Å². The van der Waals surface area contributed by atoms with Gasteiger partial charge in [-0.15, -0.1) is 13.2 Å². The molecule has 0 aliphatic heterocycles. The Morgan fingerprint density at radius 3 is 2.36 bits per heavy atom. The van der Waals surface area contributed by atoms with Gasteiger partial charge in [-0.05, 0) is 37.9 Å². The van der Waals surface area contributed by atoms with Gasteiger partial charge in [-0.3, -0.25) is 0 Å². The summed E-state index contributed by atoms with van der Waals surface area (Å²) in [4.78, 5) is 4.83. The van der Waals surface area contributed by atoms with Gasteiger partial charge in [-0.2, -0.15) is 0 Å². The predicted octanol–water partition coefficient (Wildman–Crippen LogP) is 3.87. The minimum Gasteiger partial charge on any atom is -0.388 e. The number of hydrogen-bond donors (Lipinski definition) is 1. The minimum atomic E-state index is -4.92. The van der Waals surface area contributed by atoms with Crippen LogP contribution >= 0.6 is 23.2 Å². The SMILES string of the molecule is CN(C)CC(NS(=O)(=O)c1ccc(OC(F)(F)F)nc1)c1ccc(Cl)c(Cl)c1. The van der Waals surface area contributed by atoms with E-state index in [2.05, 4.69) is 14.4 Å². The molecule has 1 aromatic carbocycles. The maximum Gasteiger partial charge on any atom is 0.574 e. The lowest BCUT2D eigenvalue weighted by Gasteiger charge is -2.23. The number of sulfonamides is 1. The van der Waals surface area contributed by atoms with Crippen LogP contribution in [0.25, 0.3) is 0 Å². The zero-order chi connectivity index (χ0) is 21.1. The molecule has 0 bridgehead atoms. The van der Waals surface area contributed by atoms with Crippen molar-refractivity contribution in [3.8, 4) is 5.88 Å². The highest BCUT2D eigenvalue weighted by Gasteiger charge is 2.32. The van der Waals surface area contributed by atoms with Gasteiger partial charge >= 0.3 is 6.36 Å². The van der Waals surface area contributed by atoms with Crippen LogP contribution in [0, 0.1) is 0 Å². The molecule has 0 fully saturated rings. The van der Waals surface area contributed by atoms with Gasteiger partial charge in [0.25, 0.3) is 0 Å². The number of ether oxygens (including phenoxy) is 1. The zero-order valence-electron chi connectivity index (χ0n) is 14.7. The standard InChI is InChI=1S/C16H16Cl2F3N3O3S/c1-24(2)9-14(10-3-5-12(17)13(18)7-10)23-28(25,26)11-4-6-15(22-8-11)27-16(19,20)21/h3-8,14,23H,9H2,1-2H3. The second kappa shape index (κ2) is 8.83. The Bertz CT molecular complexity index is 923. The summed E-state index contributed by atoms with van der Waals surface area (Å²) in [6.07, 6.45) is -4.14. The second-order valence-electron chi connectivity index (χ2n) is 5.99. The van der Waals surface area contributed by atoms with E-state index in [9.17, 15) is 21.6 Å². The first-order valence-electron chi connectivity index (χ1n) is 7.71. The highest BCUT2D eigenvalue weighted by atomic mass is 35.5. The summed E-state index contributed by atoms with van der Waals surface area (Å²) in [5, 5.41) is 0.582. The van der Waals surface area contributed by atoms with E-state index in [1.54, 1.807) is 37.2 Å². The van der Waals surface area contributed by atoms with Crippen LogP contribution in [-0.4, -0.2) is 45.3 Å². The number of halogens is 5. The van der Waals surface area contributed by atoms with Gasteiger partial charge in [0.2, 0.25) is 15.9 Å². The fourth-order valence-corrected chi connectivity index (χ4v) is 3.73. The molecule has 0 saturated carbocycles. The second-order valence-corrected chi connectivity index (χ2v) is 8.52. The van der Waals surface area contributed by atoms with Crippen LogP contribution in [0.3, 0.4) is 0 Å². The van der Waals surface area contributed by atoms with Crippen molar-refractivity contribution in [1.29, 1.82) is 0 Å². The highest BCUT2D eigenvalue weighted by molar-refractivity contribution is 7.89. The summed E-state index contributed by atoms with van der Waals surface area (Å²) in [7, 11) is -0.581. The Labute approximate surface area is 170 Å². The van der Waals surface area contributed by atoms with Gasteiger partial charge < -0.3 is 9.64 Å². The van der Waals surface area contributed by atoms with Crippen LogP contribution in [0.4, 0.5) is 13.2 Å². The van der Waals surface area contributed by atoms with Crippen LogP contribution in [0.1, 0.15) is 11.6 Å². The summed E-state index contributed by atoms with van der Waals surface area (Å²) in [6.45, 7) is 0.292. The third-order valence-electron chi connectivity index (χ3n) is 3.43. The largest absolute Gasteiger partial charge is 0.574 e. The molecule has 28 heavy (non-hydrogen) atoms. The molecule has 0 aliphatic carbocycles. The number of hydrogen-bond acceptors (Lipinski definition) is 5. The van der Waals surface area contributed by atoms with Crippen molar-refractivity contribution in [3.63, 3.8) is 0 Å². The van der Waals surface area contributed by atoms with Crippen molar-refractivity contribution in [1.82, 2.24) is 14.6 Å². The molecule has 0 radical (unpaired) electrons. The van der Waals surface area contributed by atoms with E-state index in [0.29, 0.717) is 17.1 Å². The van der Waals surface area contributed by atoms with E-state index in [1.165, 1.54) is 0 Å². The third kappa shape index (κ3) is 6.49. The molecule has 1 atom stereocenters. The highest BCUT2D eigenvalue weighted by Crippen LogP contribution is 2.27. The molecule has 0 aliphatic rings. The van der Waals surface area contributed by atoms with E-state index in [4.69, 9.17) is 23.2 Å². The van der Waals surface area contributed by atoms with Crippen molar-refractivity contribution in [2.75, 3.05) is 20.6 Å². The molecule has 0 saturated heterocycles. The fraction of sp³-hybridized carbons (Fsp3) is 0.312. The monoisotopic (exact) mass is 457 g/mol. The van der Waals surface area contributed by atoms with E-state index < -0.39 is 28.3 Å². The van der Waals surface area contributed by atoms with Crippen LogP contribution in [0.15, 0.2) is 41.4 Å². The number of likely N-dealkylation sites (N-methyl/N-ethyl adjacent to an activating group) is 1. The van der Waals surface area contributed by atoms with E-state index >= 15 is 0 Å². The van der Waals surface area contributed by atoms with Gasteiger partial charge in [0, 0.05) is 12.6 Å². The Morgan fingerprint density at radius 1 is 1.18 bits per heavy atom. The van der Waals surface area contributed by atoms with E-state index in [0.717, 1.165) is 18.3 Å². The molecular weight excluding hydrogens is 442 g/mol. The molecule has 1 aromatic heterocycles. The predicted molar refractivity (Wildman–Crippen MR) is 99.0 cm³/mol. The molecule has 1 heterocycles. The van der Waals surface area contributed by atoms with Crippen LogP contribution in [-0.2, 0) is 10.0 Å². The summed E-state index contributed by atoms with van der Waals surface area (Å²) < 4.78 is 68.0. The number of alkyl halides is 3. The van der Waals surface area contributed by atoms with Crippen molar-refractivity contribution in [3.05, 3.63) is 52.1 Å². The smallest absolute Gasteiger partial charge is 0.388 e. The Morgan fingerprint density at radius 2 is 1.86 bits per heavy atom. The molecule has 1 N–H and O–H groups in total. The lowest BCUT2D eigenvalue weighted by atomic mass is 10.1. The number of benzene rings is 1. The number of nitrogens with one attached hydrogen (secondary N) is 1. The first-order chi connectivity index (χ1) is 12.9. The molecule has 0 spiro atoms. The molecule has 6 nitrogen and oxygen atoms in total. The number of aromatic nitrogens is 1. The third-order valence-corrected chi connectivity index (χ3v) is 5.63. The molecule has 12 heteroatoms. The van der Waals surface area contributed by atoms with Crippen molar-refractivity contribution in [2.45, 2.75) is 17.3 Å². The van der Waals surface area contributed by atoms with Crippen molar-refractivity contribution < 1.29 is 26.3 Å². The minimum absolute atomic E-state index is 0.262. The quantitative estimate of drug-likeness (QED) is 0.683. The average Bonchev–Trinajstić information content (AvgIpc) is 2.55. The summed E-state index contributed by atoms with van der Waals surface area (Å²) in [5.74, 6) is -0.763. The lowest BCUT2D eigenvalue weighted by Crippen LogP contribution is -2.35. The zero-order valence-corrected chi connectivity index (χ0v) is 17.0. The molecule has 2 rings (SSSR count). The van der Waals surface area contributed by atoms with E-state index in [-0.39, 0.29) is 9.92 Å². The van der Waals surface area contributed by atoms with Gasteiger partial charge in [-0.1, -0.05) is 29.3 Å². The van der Waals surface area contributed by atoms with Gasteiger partial charge in [-0.25, -0.2) is 18.1 Å². The first-order valence-corrected chi connectivity index (χ1v) is 9.95. The normalized spacial score (nSPS) is 13.6. The maximum atomic E-state index is 12.7. The van der Waals surface area contributed by atoms with Crippen molar-refractivity contribution in [2.24, 2.45) is 0 Å². The van der Waals surface area contributed by atoms with Crippen LogP contribution in [0.5, 0.6) is 5.88 Å². The molecule has 2 aromatic rings. The van der Waals surface area contributed by atoms with Gasteiger partial charge in [0.15, 0.2) is 0 Å². The molecule has 0 amide bonds. The Balaban J connectivity index is 2.28. The van der Waals surface area contributed by atoms with Gasteiger partial charge in [0.1, 0.15) is 4.90 Å². The fourth-order valence-electron chi connectivity index (χ4n) is 2.26. The summed E-state index contributed by atoms with van der Waals surface area (Å²) >= 11 is 11.9. The number of pyridine rings is 1. The van der Waals surface area contributed by atoms with Crippen LogP contribution < -0.4 is 9.46 Å².